The highest BCUT2D eigenvalue weighted by Gasteiger charge is 2.33. The van der Waals surface area contributed by atoms with Gasteiger partial charge in [0, 0.05) is 6.92 Å². The second-order valence-corrected chi connectivity index (χ2v) is 12.3. The highest BCUT2D eigenvalue weighted by Crippen LogP contribution is 2.24. The molecule has 0 spiro atoms. The van der Waals surface area contributed by atoms with Gasteiger partial charge in [-0.05, 0) is 12.8 Å². The summed E-state index contributed by atoms with van der Waals surface area (Å²) < 4.78 is 5.41. The quantitative estimate of drug-likeness (QED) is 0.265. The van der Waals surface area contributed by atoms with Crippen LogP contribution < -0.4 is 0 Å². The van der Waals surface area contributed by atoms with E-state index in [-0.39, 0.29) is 17.1 Å². The average Bonchev–Trinajstić information content (AvgIpc) is 2.24. The molecular weight excluding hydrogens is 264 g/mol. The van der Waals surface area contributed by atoms with Crippen LogP contribution >= 0.6 is 11.6 Å². The lowest BCUT2D eigenvalue weighted by Crippen LogP contribution is -2.44. The molecule has 2 unspecified atom stereocenters. The number of halogens is 1. The first kappa shape index (κ1) is 18.0. The van der Waals surface area contributed by atoms with Gasteiger partial charge in [-0.1, -0.05) is 52.2 Å². The van der Waals surface area contributed by atoms with Crippen molar-refractivity contribution in [3.8, 4) is 0 Å². The Bertz CT molecular complexity index is 238. The maximum atomic E-state index is 11.2. The smallest absolute Gasteiger partial charge is 0.302 e. The van der Waals surface area contributed by atoms with Crippen molar-refractivity contribution in [1.29, 1.82) is 0 Å². The van der Waals surface area contributed by atoms with Gasteiger partial charge >= 0.3 is 5.97 Å². The van der Waals surface area contributed by atoms with Crippen LogP contribution in [0.4, 0.5) is 0 Å². The zero-order valence-corrected chi connectivity index (χ0v) is 14.3. The first-order valence-corrected chi connectivity index (χ1v) is 11.1. The van der Waals surface area contributed by atoms with Crippen molar-refractivity contribution in [2.75, 3.05) is 0 Å². The number of esters is 1. The van der Waals surface area contributed by atoms with E-state index in [0.717, 1.165) is 12.8 Å². The molecule has 0 aliphatic heterocycles. The third-order valence-corrected chi connectivity index (χ3v) is 7.33. The minimum Gasteiger partial charge on any atom is -0.461 e. The molecule has 0 saturated carbocycles. The first-order valence-electron chi connectivity index (χ1n) is 7.10. The molecule has 0 aromatic carbocycles. The maximum absolute atomic E-state index is 11.2. The Kier molecular flexibility index (Phi) is 8.96. The van der Waals surface area contributed by atoms with Crippen LogP contribution in [0.25, 0.3) is 0 Å². The van der Waals surface area contributed by atoms with Gasteiger partial charge in [-0.15, -0.1) is 11.6 Å². The van der Waals surface area contributed by atoms with E-state index >= 15 is 0 Å². The zero-order chi connectivity index (χ0) is 14.2. The average molecular weight is 293 g/mol. The van der Waals surface area contributed by atoms with Crippen molar-refractivity contribution in [2.45, 2.75) is 83.1 Å². The molecule has 2 nitrogen and oxygen atoms in total. The lowest BCUT2D eigenvalue weighted by Gasteiger charge is -2.30. The number of hydrogen-bond donors (Lipinski definition) is 0. The minimum absolute atomic E-state index is 0.00701. The summed E-state index contributed by atoms with van der Waals surface area (Å²) in [4.78, 5) is 11.2. The number of carbonyl (C=O) groups is 1. The molecule has 2 atom stereocenters. The van der Waals surface area contributed by atoms with E-state index in [0.29, 0.717) is 0 Å². The van der Waals surface area contributed by atoms with E-state index in [9.17, 15) is 4.79 Å². The van der Waals surface area contributed by atoms with Crippen LogP contribution in [0.15, 0.2) is 0 Å². The van der Waals surface area contributed by atoms with E-state index in [1.165, 1.54) is 32.6 Å². The SMILES string of the molecule is CCCCCCCC(OC(C)=O)C(Cl)[Si](C)(C)C. The zero-order valence-electron chi connectivity index (χ0n) is 12.6. The highest BCUT2D eigenvalue weighted by atomic mass is 35.5. The summed E-state index contributed by atoms with van der Waals surface area (Å²) in [7, 11) is -1.48. The van der Waals surface area contributed by atoms with Crippen LogP contribution in [0, 0.1) is 0 Å². The molecule has 0 amide bonds. The van der Waals surface area contributed by atoms with Crippen LogP contribution in [0.3, 0.4) is 0 Å². The topological polar surface area (TPSA) is 26.3 Å². The summed E-state index contributed by atoms with van der Waals surface area (Å²) in [5.74, 6) is -0.211. The summed E-state index contributed by atoms with van der Waals surface area (Å²) in [5.41, 5.74) is 0. The third kappa shape index (κ3) is 8.14. The Morgan fingerprint density at radius 1 is 1.17 bits per heavy atom. The standard InChI is InChI=1S/C14H29ClO2Si/c1-6-7-8-9-10-11-13(17-12(2)16)14(15)18(3,4)5/h13-14H,6-11H2,1-5H3. The van der Waals surface area contributed by atoms with E-state index in [1.807, 2.05) is 0 Å². The summed E-state index contributed by atoms with van der Waals surface area (Å²) in [6, 6.07) is 0. The molecule has 0 aliphatic carbocycles. The predicted octanol–water partition coefficient (Wildman–Crippen LogP) is 4.76. The van der Waals surface area contributed by atoms with Gasteiger partial charge in [0.1, 0.15) is 6.10 Å². The number of hydrogen-bond acceptors (Lipinski definition) is 2. The number of alkyl halides is 1. The van der Waals surface area contributed by atoms with E-state index in [1.54, 1.807) is 0 Å². The van der Waals surface area contributed by atoms with Gasteiger partial charge < -0.3 is 4.74 Å². The minimum atomic E-state index is -1.48. The second-order valence-electron chi connectivity index (χ2n) is 6.12. The molecule has 0 rings (SSSR count). The Morgan fingerprint density at radius 3 is 2.17 bits per heavy atom. The number of rotatable bonds is 9. The number of carbonyl (C=O) groups excluding carboxylic acids is 1. The first-order chi connectivity index (χ1) is 8.29. The fourth-order valence-electron chi connectivity index (χ4n) is 1.98. The molecule has 0 aromatic heterocycles. The number of unbranched alkanes of at least 4 members (excludes halogenated alkanes) is 4. The van der Waals surface area contributed by atoms with Crippen LogP contribution in [-0.2, 0) is 9.53 Å². The highest BCUT2D eigenvalue weighted by molar-refractivity contribution is 6.84. The van der Waals surface area contributed by atoms with E-state index < -0.39 is 8.07 Å². The van der Waals surface area contributed by atoms with Gasteiger partial charge in [0.15, 0.2) is 0 Å². The molecular formula is C14H29ClO2Si. The van der Waals surface area contributed by atoms with E-state index in [4.69, 9.17) is 16.3 Å². The van der Waals surface area contributed by atoms with Crippen LogP contribution in [0.5, 0.6) is 0 Å². The van der Waals surface area contributed by atoms with Crippen molar-refractivity contribution in [3.05, 3.63) is 0 Å². The van der Waals surface area contributed by atoms with Gasteiger partial charge in [-0.3, -0.25) is 4.79 Å². The summed E-state index contributed by atoms with van der Waals surface area (Å²) in [5, 5.41) is 0.00701. The van der Waals surface area contributed by atoms with Gasteiger partial charge in [0.25, 0.3) is 0 Å². The Hall–Kier alpha value is -0.0231. The van der Waals surface area contributed by atoms with Crippen molar-refractivity contribution in [2.24, 2.45) is 0 Å². The van der Waals surface area contributed by atoms with Gasteiger partial charge in [-0.25, -0.2) is 0 Å². The lowest BCUT2D eigenvalue weighted by atomic mass is 10.1. The van der Waals surface area contributed by atoms with Gasteiger partial charge in [-0.2, -0.15) is 0 Å². The third-order valence-electron chi connectivity index (χ3n) is 3.06. The molecule has 0 saturated heterocycles. The Morgan fingerprint density at radius 2 is 1.72 bits per heavy atom. The van der Waals surface area contributed by atoms with Crippen LogP contribution in [-0.4, -0.2) is 25.1 Å². The molecule has 18 heavy (non-hydrogen) atoms. The number of ether oxygens (including phenoxy) is 1. The summed E-state index contributed by atoms with van der Waals surface area (Å²) in [6.45, 7) is 10.3. The van der Waals surface area contributed by atoms with Crippen LogP contribution in [0.1, 0.15) is 52.4 Å². The van der Waals surface area contributed by atoms with Crippen LogP contribution in [0.2, 0.25) is 19.6 Å². The molecule has 0 heterocycles. The summed E-state index contributed by atoms with van der Waals surface area (Å²) in [6.07, 6.45) is 6.92. The van der Waals surface area contributed by atoms with Crippen molar-refractivity contribution in [1.82, 2.24) is 0 Å². The lowest BCUT2D eigenvalue weighted by molar-refractivity contribution is -0.146. The van der Waals surface area contributed by atoms with Gasteiger partial charge in [0.05, 0.1) is 13.1 Å². The maximum Gasteiger partial charge on any atom is 0.302 e. The fourth-order valence-corrected chi connectivity index (χ4v) is 3.51. The Balaban J connectivity index is 4.19. The molecule has 108 valence electrons. The monoisotopic (exact) mass is 292 g/mol. The molecule has 0 fully saturated rings. The summed E-state index contributed by atoms with van der Waals surface area (Å²) >= 11 is 6.49. The van der Waals surface area contributed by atoms with E-state index in [2.05, 4.69) is 26.6 Å². The Labute approximate surface area is 118 Å². The normalized spacial score (nSPS) is 15.2. The van der Waals surface area contributed by atoms with Crippen molar-refractivity contribution < 1.29 is 9.53 Å². The largest absolute Gasteiger partial charge is 0.461 e. The fraction of sp³-hybridized carbons (Fsp3) is 0.929. The molecule has 0 N–H and O–H groups in total. The molecule has 0 radical (unpaired) electrons. The molecule has 0 aliphatic rings. The van der Waals surface area contributed by atoms with Crippen molar-refractivity contribution >= 4 is 25.6 Å². The second kappa shape index (κ2) is 8.97. The predicted molar refractivity (Wildman–Crippen MR) is 81.9 cm³/mol. The van der Waals surface area contributed by atoms with Crippen molar-refractivity contribution in [3.63, 3.8) is 0 Å². The molecule has 4 heteroatoms. The molecule has 0 bridgehead atoms. The van der Waals surface area contributed by atoms with Gasteiger partial charge in [0.2, 0.25) is 0 Å². The molecule has 0 aromatic rings.